The van der Waals surface area contributed by atoms with Gasteiger partial charge in [-0.1, -0.05) is 6.07 Å². The Morgan fingerprint density at radius 2 is 1.62 bits per heavy atom. The molecule has 3 aromatic carbocycles. The van der Waals surface area contributed by atoms with Gasteiger partial charge in [0.25, 0.3) is 5.91 Å². The summed E-state index contributed by atoms with van der Waals surface area (Å²) in [6.45, 7) is 1.74. The van der Waals surface area contributed by atoms with Crippen LogP contribution in [0.4, 0.5) is 22.7 Å². The zero-order valence-electron chi connectivity index (χ0n) is 19.0. The number of carbonyl (C=O) groups excluding carboxylic acids is 1. The molecular formula is C25H25N3O6. The summed E-state index contributed by atoms with van der Waals surface area (Å²) in [4.78, 5) is 23.6. The molecule has 0 fully saturated rings. The molecule has 34 heavy (non-hydrogen) atoms. The Balaban J connectivity index is 1.74. The summed E-state index contributed by atoms with van der Waals surface area (Å²) in [6.07, 6.45) is 0.738. The normalized spacial score (nSPS) is 13.0. The number of hydrogen-bond donors (Lipinski definition) is 3. The van der Waals surface area contributed by atoms with Crippen LogP contribution in [0.1, 0.15) is 29.3 Å². The minimum Gasteiger partial charge on any atom is -0.496 e. The number of anilines is 3. The van der Waals surface area contributed by atoms with E-state index in [9.17, 15) is 20.0 Å². The fourth-order valence-corrected chi connectivity index (χ4v) is 3.95. The highest BCUT2D eigenvalue weighted by molar-refractivity contribution is 6.12. The first-order chi connectivity index (χ1) is 16.3. The molecule has 0 bridgehead atoms. The van der Waals surface area contributed by atoms with Crippen molar-refractivity contribution in [3.63, 3.8) is 0 Å². The quantitative estimate of drug-likeness (QED) is 0.336. The molecule has 1 aliphatic rings. The van der Waals surface area contributed by atoms with Crippen molar-refractivity contribution < 1.29 is 24.3 Å². The lowest BCUT2D eigenvalue weighted by atomic mass is 10.0. The van der Waals surface area contributed by atoms with E-state index in [0.717, 1.165) is 11.1 Å². The fraction of sp³-hybridized carbons (Fsp3) is 0.240. The Morgan fingerprint density at radius 1 is 0.941 bits per heavy atom. The molecule has 9 heteroatoms. The third-order valence-corrected chi connectivity index (χ3v) is 5.74. The Bertz CT molecular complexity index is 1270. The van der Waals surface area contributed by atoms with Gasteiger partial charge < -0.3 is 25.2 Å². The largest absolute Gasteiger partial charge is 0.496 e. The van der Waals surface area contributed by atoms with Crippen LogP contribution in [0.5, 0.6) is 11.5 Å². The average molecular weight is 463 g/mol. The third-order valence-electron chi connectivity index (χ3n) is 5.74. The molecule has 9 nitrogen and oxygen atoms in total. The van der Waals surface area contributed by atoms with Gasteiger partial charge in [-0.2, -0.15) is 0 Å². The van der Waals surface area contributed by atoms with Crippen molar-refractivity contribution in [1.29, 1.82) is 0 Å². The molecule has 0 saturated heterocycles. The fourth-order valence-electron chi connectivity index (χ4n) is 3.95. The van der Waals surface area contributed by atoms with E-state index >= 15 is 0 Å². The third kappa shape index (κ3) is 4.51. The van der Waals surface area contributed by atoms with E-state index in [-0.39, 0.29) is 17.3 Å². The Hall–Kier alpha value is -4.11. The number of aryl methyl sites for hydroxylation is 1. The Labute approximate surface area is 196 Å². The predicted octanol–water partition coefficient (Wildman–Crippen LogP) is 4.90. The number of nitro groups is 1. The van der Waals surface area contributed by atoms with Gasteiger partial charge in [-0.25, -0.2) is 0 Å². The highest BCUT2D eigenvalue weighted by Crippen LogP contribution is 2.39. The van der Waals surface area contributed by atoms with Gasteiger partial charge in [-0.15, -0.1) is 0 Å². The van der Waals surface area contributed by atoms with E-state index in [4.69, 9.17) is 9.47 Å². The summed E-state index contributed by atoms with van der Waals surface area (Å²) in [6, 6.07) is 13.6. The maximum absolute atomic E-state index is 12.9. The summed E-state index contributed by atoms with van der Waals surface area (Å²) >= 11 is 0. The van der Waals surface area contributed by atoms with Crippen molar-refractivity contribution in [1.82, 2.24) is 0 Å². The molecule has 1 amide bonds. The van der Waals surface area contributed by atoms with Gasteiger partial charge in [-0.05, 0) is 66.8 Å². The number of aliphatic hydroxyl groups is 1. The number of ether oxygens (including phenoxy) is 2. The molecule has 0 radical (unpaired) electrons. The van der Waals surface area contributed by atoms with E-state index < -0.39 is 11.0 Å². The number of nitro benzene ring substituents is 1. The topological polar surface area (TPSA) is 123 Å². The number of carbonyl (C=O) groups is 1. The Morgan fingerprint density at radius 3 is 2.29 bits per heavy atom. The lowest BCUT2D eigenvalue weighted by Gasteiger charge is -2.16. The summed E-state index contributed by atoms with van der Waals surface area (Å²) in [5.41, 5.74) is 4.60. The number of aliphatic hydroxyl groups excluding tert-OH is 1. The van der Waals surface area contributed by atoms with Crippen LogP contribution in [-0.4, -0.2) is 36.3 Å². The van der Waals surface area contributed by atoms with Gasteiger partial charge in [-0.3, -0.25) is 14.9 Å². The molecule has 1 atom stereocenters. The lowest BCUT2D eigenvalue weighted by Crippen LogP contribution is -2.11. The molecule has 3 aromatic rings. The number of nitrogens with zero attached hydrogens (tertiary/aromatic N) is 1. The maximum atomic E-state index is 12.9. The maximum Gasteiger partial charge on any atom is 0.310 e. The highest BCUT2D eigenvalue weighted by Gasteiger charge is 2.22. The van der Waals surface area contributed by atoms with Crippen molar-refractivity contribution in [2.24, 2.45) is 0 Å². The van der Waals surface area contributed by atoms with Crippen LogP contribution < -0.4 is 20.1 Å². The summed E-state index contributed by atoms with van der Waals surface area (Å²) in [5, 5.41) is 27.2. The van der Waals surface area contributed by atoms with E-state index in [2.05, 4.69) is 10.6 Å². The van der Waals surface area contributed by atoms with Gasteiger partial charge in [0, 0.05) is 12.1 Å². The number of methoxy groups -OCH3 is 2. The van der Waals surface area contributed by atoms with Crippen molar-refractivity contribution in [3.8, 4) is 22.6 Å². The van der Waals surface area contributed by atoms with Crippen LogP contribution in [-0.2, 0) is 6.42 Å². The van der Waals surface area contributed by atoms with Gasteiger partial charge in [0.1, 0.15) is 5.75 Å². The molecule has 1 aliphatic heterocycles. The first kappa shape index (κ1) is 23.1. The highest BCUT2D eigenvalue weighted by atomic mass is 16.6. The molecule has 0 saturated carbocycles. The minimum atomic E-state index is -0.494. The van der Waals surface area contributed by atoms with Crippen LogP contribution in [0, 0.1) is 10.1 Å². The zero-order chi connectivity index (χ0) is 24.4. The minimum absolute atomic E-state index is 0.119. The van der Waals surface area contributed by atoms with E-state index in [1.807, 2.05) is 12.1 Å². The first-order valence-corrected chi connectivity index (χ1v) is 10.7. The second kappa shape index (κ2) is 9.40. The van der Waals surface area contributed by atoms with Crippen molar-refractivity contribution in [2.75, 3.05) is 24.9 Å². The number of benzene rings is 3. The molecule has 1 heterocycles. The summed E-state index contributed by atoms with van der Waals surface area (Å²) < 4.78 is 10.7. The van der Waals surface area contributed by atoms with Crippen LogP contribution in [0.3, 0.4) is 0 Å². The molecule has 176 valence electrons. The van der Waals surface area contributed by atoms with E-state index in [0.29, 0.717) is 46.8 Å². The number of amides is 1. The molecule has 4 rings (SSSR count). The van der Waals surface area contributed by atoms with Crippen LogP contribution in [0.15, 0.2) is 48.5 Å². The van der Waals surface area contributed by atoms with E-state index in [1.165, 1.54) is 13.2 Å². The number of nitrogens with one attached hydrogen (secondary N) is 2. The Kier molecular flexibility index (Phi) is 6.38. The second-order valence-electron chi connectivity index (χ2n) is 8.08. The molecular weight excluding hydrogens is 438 g/mol. The van der Waals surface area contributed by atoms with Crippen LogP contribution >= 0.6 is 0 Å². The summed E-state index contributed by atoms with van der Waals surface area (Å²) in [5.74, 6) is 0.516. The number of rotatable bonds is 7. The van der Waals surface area contributed by atoms with Crippen molar-refractivity contribution in [3.05, 3.63) is 69.8 Å². The molecule has 1 unspecified atom stereocenters. The smallest absolute Gasteiger partial charge is 0.310 e. The molecule has 3 N–H and O–H groups in total. The lowest BCUT2D eigenvalue weighted by molar-refractivity contribution is -0.385. The van der Waals surface area contributed by atoms with Crippen molar-refractivity contribution in [2.45, 2.75) is 25.9 Å². The van der Waals surface area contributed by atoms with Gasteiger partial charge in [0.15, 0.2) is 5.75 Å². The molecule has 0 aliphatic carbocycles. The average Bonchev–Trinajstić information content (AvgIpc) is 2.96. The number of fused-ring (bicyclic) bond motifs is 2. The van der Waals surface area contributed by atoms with Gasteiger partial charge in [0.2, 0.25) is 0 Å². The zero-order valence-corrected chi connectivity index (χ0v) is 19.0. The first-order valence-electron chi connectivity index (χ1n) is 10.7. The second-order valence-corrected chi connectivity index (χ2v) is 8.08. The van der Waals surface area contributed by atoms with Crippen LogP contribution in [0.25, 0.3) is 11.1 Å². The van der Waals surface area contributed by atoms with Crippen molar-refractivity contribution >= 4 is 28.7 Å². The molecule has 0 aromatic heterocycles. The SMILES string of the molecule is COc1cc2c(cc1CCC(C)O)Nc1cc(-c3ccc([N+](=O)[O-])c(OC)c3)ccc1C(=O)N2. The standard InChI is InChI=1S/C25H25N3O6/c1-14(29)4-5-17-11-20-21(13-23(17)33-2)27-25(30)18-8-6-15(10-19(18)26-20)16-7-9-22(28(31)32)24(12-16)34-3/h6-14,26,29H,4-5H2,1-3H3,(H,27,30). The number of hydrogen-bond acceptors (Lipinski definition) is 7. The predicted molar refractivity (Wildman–Crippen MR) is 129 cm³/mol. The summed E-state index contributed by atoms with van der Waals surface area (Å²) in [7, 11) is 2.95. The van der Waals surface area contributed by atoms with Gasteiger partial charge in [0.05, 0.1) is 47.9 Å². The van der Waals surface area contributed by atoms with Gasteiger partial charge >= 0.3 is 5.69 Å². The van der Waals surface area contributed by atoms with Crippen LogP contribution in [0.2, 0.25) is 0 Å². The molecule has 0 spiro atoms. The van der Waals surface area contributed by atoms with E-state index in [1.54, 1.807) is 44.4 Å². The monoisotopic (exact) mass is 463 g/mol.